The number of para-hydroxylation sites is 1. The van der Waals surface area contributed by atoms with Crippen molar-refractivity contribution >= 4 is 23.1 Å². The average molecular weight is 300 g/mol. The number of carbonyl (C=O) groups is 1. The Kier molecular flexibility index (Phi) is 5.36. The molecule has 0 amide bonds. The maximum Gasteiger partial charge on any atom is 0.343 e. The fourth-order valence-corrected chi connectivity index (χ4v) is 2.18. The summed E-state index contributed by atoms with van der Waals surface area (Å²) in [6, 6.07) is 8.08. The zero-order valence-corrected chi connectivity index (χ0v) is 12.8. The van der Waals surface area contributed by atoms with Gasteiger partial charge in [0.15, 0.2) is 0 Å². The molecule has 1 aromatic carbocycles. The van der Waals surface area contributed by atoms with E-state index in [4.69, 9.17) is 4.74 Å². The summed E-state index contributed by atoms with van der Waals surface area (Å²) in [5, 5.41) is 10.7. The van der Waals surface area contributed by atoms with Gasteiger partial charge in [-0.05, 0) is 31.9 Å². The summed E-state index contributed by atoms with van der Waals surface area (Å²) in [5.74, 6) is -0.646. The second kappa shape index (κ2) is 7.45. The van der Waals surface area contributed by atoms with Crippen LogP contribution < -0.4 is 0 Å². The van der Waals surface area contributed by atoms with Crippen molar-refractivity contribution in [1.29, 1.82) is 0 Å². The summed E-state index contributed by atoms with van der Waals surface area (Å²) in [5.41, 5.74) is 2.37. The van der Waals surface area contributed by atoms with Gasteiger partial charge in [0.1, 0.15) is 11.3 Å². The van der Waals surface area contributed by atoms with Crippen LogP contribution in [0.4, 0.5) is 0 Å². The quantitative estimate of drug-likeness (QED) is 0.372. The van der Waals surface area contributed by atoms with Gasteiger partial charge < -0.3 is 14.8 Å². The number of aliphatic imine (C=N–C) groups is 1. The van der Waals surface area contributed by atoms with E-state index >= 15 is 0 Å². The summed E-state index contributed by atoms with van der Waals surface area (Å²) < 4.78 is 4.87. The molecule has 0 unspecified atom stereocenters. The first kappa shape index (κ1) is 15.8. The molecule has 0 saturated carbocycles. The number of aromatic nitrogens is 1. The van der Waals surface area contributed by atoms with E-state index in [0.29, 0.717) is 6.54 Å². The van der Waals surface area contributed by atoms with Crippen LogP contribution in [0.5, 0.6) is 0 Å². The van der Waals surface area contributed by atoms with E-state index in [2.05, 4.69) is 16.0 Å². The number of aliphatic hydroxyl groups is 1. The second-order valence-corrected chi connectivity index (χ2v) is 4.86. The van der Waals surface area contributed by atoms with Gasteiger partial charge in [0.25, 0.3) is 0 Å². The van der Waals surface area contributed by atoms with Crippen LogP contribution in [0.1, 0.15) is 19.4 Å². The maximum atomic E-state index is 11.6. The Bertz CT molecular complexity index is 710. The predicted molar refractivity (Wildman–Crippen MR) is 87.3 cm³/mol. The molecule has 0 aliphatic rings. The molecule has 0 saturated heterocycles. The minimum atomic E-state index is -0.557. The van der Waals surface area contributed by atoms with Crippen LogP contribution >= 0.6 is 0 Å². The molecular formula is C17H20N2O3. The molecular weight excluding hydrogens is 280 g/mol. The van der Waals surface area contributed by atoms with Crippen LogP contribution in [0.2, 0.25) is 0 Å². The number of esters is 1. The SMILES string of the molecule is CCOC(=O)/C(C=NCCc1c[nH]c2ccccc12)=C(/C)O. The summed E-state index contributed by atoms with van der Waals surface area (Å²) in [4.78, 5) is 19.1. The molecule has 22 heavy (non-hydrogen) atoms. The highest BCUT2D eigenvalue weighted by molar-refractivity contribution is 6.09. The van der Waals surface area contributed by atoms with Crippen LogP contribution in [0.15, 0.2) is 46.8 Å². The third-order valence-corrected chi connectivity index (χ3v) is 3.29. The first-order chi connectivity index (χ1) is 10.6. The van der Waals surface area contributed by atoms with Crippen molar-refractivity contribution in [3.8, 4) is 0 Å². The Labute approximate surface area is 129 Å². The summed E-state index contributed by atoms with van der Waals surface area (Å²) in [6.07, 6.45) is 4.10. The van der Waals surface area contributed by atoms with E-state index in [1.807, 2.05) is 24.4 Å². The lowest BCUT2D eigenvalue weighted by Gasteiger charge is -2.03. The van der Waals surface area contributed by atoms with Gasteiger partial charge >= 0.3 is 5.97 Å². The third kappa shape index (κ3) is 3.75. The molecule has 0 bridgehead atoms. The van der Waals surface area contributed by atoms with E-state index in [-0.39, 0.29) is 17.9 Å². The van der Waals surface area contributed by atoms with Gasteiger partial charge in [0, 0.05) is 29.9 Å². The summed E-state index contributed by atoms with van der Waals surface area (Å²) in [6.45, 7) is 3.95. The number of aliphatic hydroxyl groups excluding tert-OH is 1. The molecule has 5 nitrogen and oxygen atoms in total. The van der Waals surface area contributed by atoms with Crippen LogP contribution in [-0.4, -0.2) is 35.4 Å². The van der Waals surface area contributed by atoms with Crippen molar-refractivity contribution in [1.82, 2.24) is 4.98 Å². The number of benzene rings is 1. The van der Waals surface area contributed by atoms with E-state index < -0.39 is 5.97 Å². The summed E-state index contributed by atoms with van der Waals surface area (Å²) >= 11 is 0. The van der Waals surface area contributed by atoms with E-state index in [0.717, 1.165) is 11.9 Å². The van der Waals surface area contributed by atoms with Crippen molar-refractivity contribution in [3.05, 3.63) is 47.4 Å². The number of H-pyrrole nitrogens is 1. The van der Waals surface area contributed by atoms with Crippen LogP contribution in [-0.2, 0) is 16.0 Å². The zero-order chi connectivity index (χ0) is 15.9. The molecule has 5 heteroatoms. The molecule has 2 N–H and O–H groups in total. The van der Waals surface area contributed by atoms with Crippen molar-refractivity contribution in [2.24, 2.45) is 4.99 Å². The van der Waals surface area contributed by atoms with Gasteiger partial charge in [-0.1, -0.05) is 18.2 Å². The second-order valence-electron chi connectivity index (χ2n) is 4.86. The predicted octanol–water partition coefficient (Wildman–Crippen LogP) is 3.18. The van der Waals surface area contributed by atoms with E-state index in [1.165, 1.54) is 24.1 Å². The normalized spacial score (nSPS) is 12.6. The Morgan fingerprint density at radius 1 is 1.41 bits per heavy atom. The molecule has 2 rings (SSSR count). The molecule has 0 spiro atoms. The lowest BCUT2D eigenvalue weighted by atomic mass is 10.1. The highest BCUT2D eigenvalue weighted by Crippen LogP contribution is 2.17. The number of hydrogen-bond donors (Lipinski definition) is 2. The van der Waals surface area contributed by atoms with Crippen LogP contribution in [0.25, 0.3) is 10.9 Å². The van der Waals surface area contributed by atoms with Crippen molar-refractivity contribution < 1.29 is 14.6 Å². The molecule has 0 aliphatic carbocycles. The number of allylic oxidation sites excluding steroid dienone is 1. The largest absolute Gasteiger partial charge is 0.512 e. The first-order valence-electron chi connectivity index (χ1n) is 7.25. The highest BCUT2D eigenvalue weighted by Gasteiger charge is 2.11. The number of ether oxygens (including phenoxy) is 1. The monoisotopic (exact) mass is 300 g/mol. The minimum absolute atomic E-state index is 0.0886. The Balaban J connectivity index is 2.00. The highest BCUT2D eigenvalue weighted by atomic mass is 16.5. The fraction of sp³-hybridized carbons (Fsp3) is 0.294. The first-order valence-corrected chi connectivity index (χ1v) is 7.25. The molecule has 0 radical (unpaired) electrons. The van der Waals surface area contributed by atoms with Gasteiger partial charge in [0.2, 0.25) is 0 Å². The van der Waals surface area contributed by atoms with Gasteiger partial charge in [0.05, 0.1) is 6.61 Å². The lowest BCUT2D eigenvalue weighted by Crippen LogP contribution is -2.11. The van der Waals surface area contributed by atoms with Gasteiger partial charge in [-0.3, -0.25) is 4.99 Å². The molecule has 1 aromatic heterocycles. The van der Waals surface area contributed by atoms with Gasteiger partial charge in [-0.15, -0.1) is 0 Å². The lowest BCUT2D eigenvalue weighted by molar-refractivity contribution is -0.138. The number of nitrogens with one attached hydrogen (secondary N) is 1. The molecule has 1 heterocycles. The average Bonchev–Trinajstić information content (AvgIpc) is 2.90. The summed E-state index contributed by atoms with van der Waals surface area (Å²) in [7, 11) is 0. The molecule has 116 valence electrons. The molecule has 0 fully saturated rings. The zero-order valence-electron chi connectivity index (χ0n) is 12.8. The minimum Gasteiger partial charge on any atom is -0.512 e. The van der Waals surface area contributed by atoms with Gasteiger partial charge in [-0.2, -0.15) is 0 Å². The number of rotatable bonds is 6. The molecule has 2 aromatic rings. The number of fused-ring (bicyclic) bond motifs is 1. The third-order valence-electron chi connectivity index (χ3n) is 3.29. The topological polar surface area (TPSA) is 74.7 Å². The molecule has 0 atom stereocenters. The maximum absolute atomic E-state index is 11.6. The number of aromatic amines is 1. The standard InChI is InChI=1S/C17H20N2O3/c1-3-22-17(21)15(12(2)20)11-18-9-8-13-10-19-16-7-5-4-6-14(13)16/h4-7,10-11,19-20H,3,8-9H2,1-2H3/b15-12-,18-11?. The number of hydrogen-bond acceptors (Lipinski definition) is 4. The van der Waals surface area contributed by atoms with Crippen molar-refractivity contribution in [2.45, 2.75) is 20.3 Å². The Morgan fingerprint density at radius 2 is 2.18 bits per heavy atom. The van der Waals surface area contributed by atoms with Gasteiger partial charge in [-0.25, -0.2) is 4.79 Å². The Hall–Kier alpha value is -2.56. The van der Waals surface area contributed by atoms with E-state index in [9.17, 15) is 9.90 Å². The smallest absolute Gasteiger partial charge is 0.343 e. The van der Waals surface area contributed by atoms with Crippen LogP contribution in [0.3, 0.4) is 0 Å². The number of nitrogens with zero attached hydrogens (tertiary/aromatic N) is 1. The Morgan fingerprint density at radius 3 is 2.91 bits per heavy atom. The van der Waals surface area contributed by atoms with E-state index in [1.54, 1.807) is 6.92 Å². The number of carbonyl (C=O) groups excluding carboxylic acids is 1. The fourth-order valence-electron chi connectivity index (χ4n) is 2.18. The molecule has 0 aliphatic heterocycles. The van der Waals surface area contributed by atoms with Crippen molar-refractivity contribution in [3.63, 3.8) is 0 Å². The van der Waals surface area contributed by atoms with Crippen LogP contribution in [0, 0.1) is 0 Å². The van der Waals surface area contributed by atoms with Crippen molar-refractivity contribution in [2.75, 3.05) is 13.2 Å².